The Morgan fingerprint density at radius 1 is 1.30 bits per heavy atom. The molecule has 0 radical (unpaired) electrons. The Balaban J connectivity index is 2.56. The van der Waals surface area contributed by atoms with Crippen LogP contribution in [-0.4, -0.2) is 23.5 Å². The molecule has 1 aromatic carbocycles. The number of aliphatic carboxylic acids is 1. The molecule has 0 aliphatic carbocycles. The normalized spacial score (nSPS) is 12.6. The fourth-order valence-electron chi connectivity index (χ4n) is 1.82. The van der Waals surface area contributed by atoms with E-state index in [9.17, 15) is 9.59 Å². The zero-order chi connectivity index (χ0) is 15.1. The molecular weight excluding hydrogens is 254 g/mol. The second-order valence-electron chi connectivity index (χ2n) is 5.12. The molecule has 4 heteroatoms. The maximum absolute atomic E-state index is 11.7. The van der Waals surface area contributed by atoms with Gasteiger partial charge >= 0.3 is 5.97 Å². The summed E-state index contributed by atoms with van der Waals surface area (Å²) >= 11 is 0. The van der Waals surface area contributed by atoms with Crippen LogP contribution < -0.4 is 5.32 Å². The highest BCUT2D eigenvalue weighted by atomic mass is 16.4. The number of carboxylic acids is 1. The summed E-state index contributed by atoms with van der Waals surface area (Å²) in [5.74, 6) is -1.75. The molecule has 0 spiro atoms. The van der Waals surface area contributed by atoms with Crippen LogP contribution in [0, 0.1) is 18.8 Å². The summed E-state index contributed by atoms with van der Waals surface area (Å²) in [5.41, 5.74) is 2.06. The molecule has 0 aromatic heterocycles. The van der Waals surface area contributed by atoms with E-state index in [4.69, 9.17) is 5.11 Å². The first-order chi connectivity index (χ1) is 9.41. The zero-order valence-corrected chi connectivity index (χ0v) is 12.1. The van der Waals surface area contributed by atoms with Crippen molar-refractivity contribution in [1.82, 2.24) is 5.32 Å². The predicted molar refractivity (Wildman–Crippen MR) is 79.2 cm³/mol. The summed E-state index contributed by atoms with van der Waals surface area (Å²) in [6, 6.07) is 7.74. The number of hydrogen-bond donors (Lipinski definition) is 2. The molecular formula is C16H21NO3. The van der Waals surface area contributed by atoms with E-state index in [1.54, 1.807) is 6.08 Å². The summed E-state index contributed by atoms with van der Waals surface area (Å²) in [5, 5.41) is 11.7. The lowest BCUT2D eigenvalue weighted by Crippen LogP contribution is -2.34. The van der Waals surface area contributed by atoms with Crippen LogP contribution >= 0.6 is 0 Å². The van der Waals surface area contributed by atoms with Crippen LogP contribution in [0.4, 0.5) is 0 Å². The Bertz CT molecular complexity index is 506. The highest BCUT2D eigenvalue weighted by Gasteiger charge is 2.21. The second kappa shape index (κ2) is 7.48. The third-order valence-electron chi connectivity index (χ3n) is 3.22. The van der Waals surface area contributed by atoms with Gasteiger partial charge in [-0.2, -0.15) is 0 Å². The number of nitrogens with one attached hydrogen (secondary N) is 1. The number of carbonyl (C=O) groups is 2. The summed E-state index contributed by atoms with van der Waals surface area (Å²) in [6.45, 7) is 5.77. The van der Waals surface area contributed by atoms with Gasteiger partial charge in [-0.15, -0.1) is 0 Å². The van der Waals surface area contributed by atoms with Gasteiger partial charge in [-0.25, -0.2) is 0 Å². The van der Waals surface area contributed by atoms with Crippen molar-refractivity contribution in [3.63, 3.8) is 0 Å². The monoisotopic (exact) mass is 275 g/mol. The molecule has 0 fully saturated rings. The van der Waals surface area contributed by atoms with Gasteiger partial charge in [0.25, 0.3) is 0 Å². The number of hydrogen-bond acceptors (Lipinski definition) is 2. The molecule has 2 N–H and O–H groups in total. The molecule has 108 valence electrons. The fraction of sp³-hybridized carbons (Fsp3) is 0.375. The number of rotatable bonds is 6. The minimum atomic E-state index is -0.886. The van der Waals surface area contributed by atoms with Gasteiger partial charge in [0.15, 0.2) is 0 Å². The highest BCUT2D eigenvalue weighted by Crippen LogP contribution is 2.10. The fourth-order valence-corrected chi connectivity index (χ4v) is 1.82. The van der Waals surface area contributed by atoms with Gasteiger partial charge in [-0.05, 0) is 30.0 Å². The van der Waals surface area contributed by atoms with E-state index in [2.05, 4.69) is 5.32 Å². The molecule has 0 saturated carbocycles. The molecule has 1 aromatic rings. The van der Waals surface area contributed by atoms with E-state index in [0.717, 1.165) is 11.1 Å². The van der Waals surface area contributed by atoms with Crippen molar-refractivity contribution in [3.05, 3.63) is 41.5 Å². The molecule has 1 amide bonds. The average molecular weight is 275 g/mol. The van der Waals surface area contributed by atoms with E-state index < -0.39 is 11.9 Å². The first-order valence-corrected chi connectivity index (χ1v) is 6.66. The van der Waals surface area contributed by atoms with Crippen LogP contribution in [0.1, 0.15) is 25.0 Å². The van der Waals surface area contributed by atoms with E-state index in [-0.39, 0.29) is 18.4 Å². The van der Waals surface area contributed by atoms with Crippen molar-refractivity contribution in [2.75, 3.05) is 6.54 Å². The minimum absolute atomic E-state index is 0.0202. The van der Waals surface area contributed by atoms with Gasteiger partial charge < -0.3 is 10.4 Å². The highest BCUT2D eigenvalue weighted by molar-refractivity contribution is 5.92. The number of carbonyl (C=O) groups excluding carboxylic acids is 1. The number of aryl methyl sites for hydroxylation is 1. The van der Waals surface area contributed by atoms with Crippen molar-refractivity contribution in [1.29, 1.82) is 0 Å². The van der Waals surface area contributed by atoms with Gasteiger partial charge in [-0.1, -0.05) is 38.1 Å². The van der Waals surface area contributed by atoms with Crippen molar-refractivity contribution in [2.24, 2.45) is 11.8 Å². The maximum atomic E-state index is 11.7. The lowest BCUT2D eigenvalue weighted by Gasteiger charge is -2.15. The molecule has 0 heterocycles. The van der Waals surface area contributed by atoms with Crippen molar-refractivity contribution >= 4 is 18.0 Å². The standard InChI is InChI=1S/C16H21NO3/c1-11(2)14(16(19)20)10-17-15(18)9-8-13-7-5-4-6-12(13)3/h4-9,11,14H,10H2,1-3H3,(H,17,18)(H,19,20). The summed E-state index contributed by atoms with van der Waals surface area (Å²) in [6.07, 6.45) is 3.16. The summed E-state index contributed by atoms with van der Waals surface area (Å²) in [7, 11) is 0. The largest absolute Gasteiger partial charge is 0.481 e. The zero-order valence-electron chi connectivity index (χ0n) is 12.1. The third kappa shape index (κ3) is 4.88. The smallest absolute Gasteiger partial charge is 0.308 e. The lowest BCUT2D eigenvalue weighted by molar-refractivity contribution is -0.143. The van der Waals surface area contributed by atoms with Gasteiger partial charge in [-0.3, -0.25) is 9.59 Å². The van der Waals surface area contributed by atoms with Crippen molar-refractivity contribution in [3.8, 4) is 0 Å². The van der Waals surface area contributed by atoms with Crippen molar-refractivity contribution in [2.45, 2.75) is 20.8 Å². The molecule has 0 bridgehead atoms. The van der Waals surface area contributed by atoms with Crippen LogP contribution in [0.25, 0.3) is 6.08 Å². The third-order valence-corrected chi connectivity index (χ3v) is 3.22. The van der Waals surface area contributed by atoms with Gasteiger partial charge in [0.1, 0.15) is 0 Å². The van der Waals surface area contributed by atoms with Gasteiger partial charge in [0.2, 0.25) is 5.91 Å². The Hall–Kier alpha value is -2.10. The van der Waals surface area contributed by atoms with E-state index >= 15 is 0 Å². The van der Waals surface area contributed by atoms with Crippen LogP contribution in [0.5, 0.6) is 0 Å². The Labute approximate surface area is 119 Å². The molecule has 0 aliphatic rings. The predicted octanol–water partition coefficient (Wildman–Crippen LogP) is 2.48. The molecule has 1 atom stereocenters. The van der Waals surface area contributed by atoms with Crippen LogP contribution in [0.2, 0.25) is 0 Å². The Kier molecular flexibility index (Phi) is 5.97. The van der Waals surface area contributed by atoms with Crippen LogP contribution in [0.3, 0.4) is 0 Å². The molecule has 1 unspecified atom stereocenters. The second-order valence-corrected chi connectivity index (χ2v) is 5.12. The molecule has 4 nitrogen and oxygen atoms in total. The minimum Gasteiger partial charge on any atom is -0.481 e. The van der Waals surface area contributed by atoms with E-state index in [1.807, 2.05) is 45.0 Å². The molecule has 0 saturated heterocycles. The average Bonchev–Trinajstić information content (AvgIpc) is 2.37. The first-order valence-electron chi connectivity index (χ1n) is 6.66. The SMILES string of the molecule is Cc1ccccc1C=CC(=O)NCC(C(=O)O)C(C)C. The quantitative estimate of drug-likeness (QED) is 0.784. The molecule has 0 aliphatic heterocycles. The summed E-state index contributed by atoms with van der Waals surface area (Å²) < 4.78 is 0. The van der Waals surface area contributed by atoms with E-state index in [1.165, 1.54) is 6.08 Å². The molecule has 1 rings (SSSR count). The maximum Gasteiger partial charge on any atom is 0.308 e. The first kappa shape index (κ1) is 16.0. The Morgan fingerprint density at radius 3 is 2.50 bits per heavy atom. The topological polar surface area (TPSA) is 66.4 Å². The summed E-state index contributed by atoms with van der Waals surface area (Å²) in [4.78, 5) is 22.7. The number of amides is 1. The van der Waals surface area contributed by atoms with Gasteiger partial charge in [0.05, 0.1) is 5.92 Å². The molecule has 20 heavy (non-hydrogen) atoms. The number of benzene rings is 1. The lowest BCUT2D eigenvalue weighted by atomic mass is 9.96. The van der Waals surface area contributed by atoms with Crippen LogP contribution in [0.15, 0.2) is 30.3 Å². The van der Waals surface area contributed by atoms with E-state index in [0.29, 0.717) is 0 Å². The van der Waals surface area contributed by atoms with Crippen LogP contribution in [-0.2, 0) is 9.59 Å². The Morgan fingerprint density at radius 2 is 1.95 bits per heavy atom. The van der Waals surface area contributed by atoms with Crippen molar-refractivity contribution < 1.29 is 14.7 Å². The van der Waals surface area contributed by atoms with Gasteiger partial charge in [0, 0.05) is 12.6 Å². The number of carboxylic acid groups (broad SMARTS) is 1.